The molecule has 0 atom stereocenters. The average Bonchev–Trinajstić information content (AvgIpc) is 2.60. The molecule has 0 saturated heterocycles. The summed E-state index contributed by atoms with van der Waals surface area (Å²) in [4.78, 5) is 33.5. The van der Waals surface area contributed by atoms with Crippen LogP contribution in [0.4, 0.5) is 5.69 Å². The quantitative estimate of drug-likeness (QED) is 0.471. The second-order valence-electron chi connectivity index (χ2n) is 4.58. The molecule has 2 rings (SSSR count). The van der Waals surface area contributed by atoms with Gasteiger partial charge in [0.05, 0.1) is 30.3 Å². The van der Waals surface area contributed by atoms with Gasteiger partial charge in [-0.15, -0.1) is 0 Å². The lowest BCUT2D eigenvalue weighted by Gasteiger charge is -2.09. The van der Waals surface area contributed by atoms with Gasteiger partial charge in [0.1, 0.15) is 11.5 Å². The topological polar surface area (TPSA) is 105 Å². The van der Waals surface area contributed by atoms with Gasteiger partial charge in [0.2, 0.25) is 0 Å². The second kappa shape index (κ2) is 7.23. The smallest absolute Gasteiger partial charge is 0.338 e. The third-order valence-corrected chi connectivity index (χ3v) is 3.03. The van der Waals surface area contributed by atoms with E-state index in [4.69, 9.17) is 4.74 Å². The minimum absolute atomic E-state index is 0.0825. The highest BCUT2D eigenvalue weighted by Gasteiger charge is 2.15. The molecule has 0 aromatic heterocycles. The molecule has 0 saturated carbocycles. The van der Waals surface area contributed by atoms with E-state index in [1.165, 1.54) is 56.7 Å². The zero-order valence-electron chi connectivity index (χ0n) is 12.8. The second-order valence-corrected chi connectivity index (χ2v) is 4.58. The molecule has 0 bridgehead atoms. The van der Waals surface area contributed by atoms with Gasteiger partial charge in [0.15, 0.2) is 0 Å². The fourth-order valence-electron chi connectivity index (χ4n) is 1.90. The van der Waals surface area contributed by atoms with Gasteiger partial charge < -0.3 is 14.2 Å². The van der Waals surface area contributed by atoms with E-state index in [1.54, 1.807) is 0 Å². The van der Waals surface area contributed by atoms with E-state index in [2.05, 4.69) is 9.47 Å². The van der Waals surface area contributed by atoms with Gasteiger partial charge in [-0.05, 0) is 30.3 Å². The van der Waals surface area contributed by atoms with Crippen molar-refractivity contribution in [2.75, 3.05) is 14.2 Å². The summed E-state index contributed by atoms with van der Waals surface area (Å²) in [5.74, 6) is -0.797. The summed E-state index contributed by atoms with van der Waals surface area (Å²) < 4.78 is 14.8. The largest absolute Gasteiger partial charge is 0.465 e. The fourth-order valence-corrected chi connectivity index (χ4v) is 1.90. The third kappa shape index (κ3) is 3.86. The van der Waals surface area contributed by atoms with Crippen molar-refractivity contribution in [2.24, 2.45) is 0 Å². The molecule has 0 fully saturated rings. The molecular formula is C16H13NO7. The van der Waals surface area contributed by atoms with Crippen LogP contribution in [0.2, 0.25) is 0 Å². The number of rotatable bonds is 5. The first-order valence-electron chi connectivity index (χ1n) is 6.68. The van der Waals surface area contributed by atoms with Crippen LogP contribution < -0.4 is 4.74 Å². The number of carbonyl (C=O) groups excluding carboxylic acids is 2. The highest BCUT2D eigenvalue weighted by atomic mass is 16.6. The van der Waals surface area contributed by atoms with E-state index >= 15 is 0 Å². The summed E-state index contributed by atoms with van der Waals surface area (Å²) in [6.07, 6.45) is 0. The number of nitrogens with zero attached hydrogens (tertiary/aromatic N) is 1. The van der Waals surface area contributed by atoms with Crippen molar-refractivity contribution in [2.45, 2.75) is 0 Å². The number of esters is 2. The van der Waals surface area contributed by atoms with Crippen molar-refractivity contribution in [3.8, 4) is 11.5 Å². The van der Waals surface area contributed by atoms with Crippen LogP contribution in [0, 0.1) is 10.1 Å². The van der Waals surface area contributed by atoms with Gasteiger partial charge in [-0.3, -0.25) is 10.1 Å². The van der Waals surface area contributed by atoms with Crippen molar-refractivity contribution in [3.63, 3.8) is 0 Å². The zero-order chi connectivity index (χ0) is 17.7. The number of hydrogen-bond donors (Lipinski definition) is 0. The lowest BCUT2D eigenvalue weighted by atomic mass is 10.1. The van der Waals surface area contributed by atoms with Crippen LogP contribution in [-0.4, -0.2) is 31.1 Å². The zero-order valence-corrected chi connectivity index (χ0v) is 12.8. The van der Waals surface area contributed by atoms with Gasteiger partial charge >= 0.3 is 11.9 Å². The average molecular weight is 331 g/mol. The van der Waals surface area contributed by atoms with E-state index in [0.29, 0.717) is 5.75 Å². The molecule has 0 N–H and O–H groups in total. The Labute approximate surface area is 136 Å². The van der Waals surface area contributed by atoms with E-state index in [0.717, 1.165) is 0 Å². The van der Waals surface area contributed by atoms with E-state index < -0.39 is 16.9 Å². The Hall–Kier alpha value is -3.42. The van der Waals surface area contributed by atoms with Crippen LogP contribution in [0.15, 0.2) is 42.5 Å². The Bertz CT molecular complexity index is 749. The maximum Gasteiger partial charge on any atom is 0.338 e. The Morgan fingerprint density at radius 2 is 1.38 bits per heavy atom. The monoisotopic (exact) mass is 331 g/mol. The highest BCUT2D eigenvalue weighted by Crippen LogP contribution is 2.26. The van der Waals surface area contributed by atoms with E-state index in [1.807, 2.05) is 0 Å². The number of benzene rings is 2. The molecule has 8 nitrogen and oxygen atoms in total. The van der Waals surface area contributed by atoms with Gasteiger partial charge in [0.25, 0.3) is 5.69 Å². The number of ether oxygens (including phenoxy) is 3. The van der Waals surface area contributed by atoms with Crippen LogP contribution in [0.5, 0.6) is 11.5 Å². The molecule has 0 radical (unpaired) electrons. The number of hydrogen-bond acceptors (Lipinski definition) is 7. The Morgan fingerprint density at radius 1 is 0.875 bits per heavy atom. The van der Waals surface area contributed by atoms with Crippen LogP contribution in [0.3, 0.4) is 0 Å². The minimum atomic E-state index is -0.644. The van der Waals surface area contributed by atoms with Gasteiger partial charge in [-0.2, -0.15) is 0 Å². The maximum atomic E-state index is 11.7. The number of non-ortho nitro benzene ring substituents is 1. The molecule has 0 amide bonds. The van der Waals surface area contributed by atoms with Crippen LogP contribution >= 0.6 is 0 Å². The number of methoxy groups -OCH3 is 2. The first-order valence-corrected chi connectivity index (χ1v) is 6.68. The lowest BCUT2D eigenvalue weighted by Crippen LogP contribution is -2.07. The molecule has 0 aliphatic rings. The van der Waals surface area contributed by atoms with Gasteiger partial charge in [0, 0.05) is 12.1 Å². The van der Waals surface area contributed by atoms with Crippen molar-refractivity contribution < 1.29 is 28.7 Å². The van der Waals surface area contributed by atoms with Crippen LogP contribution in [0.25, 0.3) is 0 Å². The molecule has 0 spiro atoms. The summed E-state index contributed by atoms with van der Waals surface area (Å²) in [6, 6.07) is 9.46. The summed E-state index contributed by atoms with van der Waals surface area (Å²) in [6.45, 7) is 0. The van der Waals surface area contributed by atoms with Crippen molar-refractivity contribution in [1.29, 1.82) is 0 Å². The molecule has 2 aromatic rings. The predicted octanol–water partition coefficient (Wildman–Crippen LogP) is 2.96. The molecule has 24 heavy (non-hydrogen) atoms. The third-order valence-electron chi connectivity index (χ3n) is 3.03. The molecule has 0 unspecified atom stereocenters. The molecule has 8 heteroatoms. The molecular weight excluding hydrogens is 318 g/mol. The van der Waals surface area contributed by atoms with Gasteiger partial charge in [-0.25, -0.2) is 9.59 Å². The van der Waals surface area contributed by atoms with Gasteiger partial charge in [-0.1, -0.05) is 0 Å². The Balaban J connectivity index is 2.35. The fraction of sp³-hybridized carbons (Fsp3) is 0.125. The summed E-state index contributed by atoms with van der Waals surface area (Å²) >= 11 is 0. The lowest BCUT2D eigenvalue weighted by molar-refractivity contribution is -0.384. The van der Waals surface area contributed by atoms with E-state index in [-0.39, 0.29) is 22.6 Å². The summed E-state index contributed by atoms with van der Waals surface area (Å²) in [5, 5.41) is 10.6. The highest BCUT2D eigenvalue weighted by molar-refractivity contribution is 5.96. The van der Waals surface area contributed by atoms with Crippen molar-refractivity contribution in [1.82, 2.24) is 0 Å². The van der Waals surface area contributed by atoms with Crippen LogP contribution in [-0.2, 0) is 9.47 Å². The minimum Gasteiger partial charge on any atom is -0.465 e. The number of nitro benzene ring substituents is 1. The number of carbonyl (C=O) groups is 2. The maximum absolute atomic E-state index is 11.7. The molecule has 0 heterocycles. The number of nitro groups is 1. The van der Waals surface area contributed by atoms with Crippen molar-refractivity contribution in [3.05, 3.63) is 63.7 Å². The molecule has 0 aliphatic carbocycles. The first kappa shape index (κ1) is 16.9. The van der Waals surface area contributed by atoms with E-state index in [9.17, 15) is 19.7 Å². The standard InChI is InChI=1S/C16H13NO7/c1-22-15(18)10-7-11(16(19)23-2)9-14(8-10)24-13-5-3-12(4-6-13)17(20)21/h3-9H,1-2H3. The predicted molar refractivity (Wildman–Crippen MR) is 82.3 cm³/mol. The van der Waals surface area contributed by atoms with Crippen molar-refractivity contribution >= 4 is 17.6 Å². The summed E-state index contributed by atoms with van der Waals surface area (Å²) in [7, 11) is 2.42. The molecule has 0 aliphatic heterocycles. The van der Waals surface area contributed by atoms with Crippen LogP contribution in [0.1, 0.15) is 20.7 Å². The molecule has 124 valence electrons. The molecule has 2 aromatic carbocycles. The Kier molecular flexibility index (Phi) is 5.10. The normalized spacial score (nSPS) is 9.92. The Morgan fingerprint density at radius 3 is 1.79 bits per heavy atom. The SMILES string of the molecule is COC(=O)c1cc(Oc2ccc([N+](=O)[O-])cc2)cc(C(=O)OC)c1. The summed E-state index contributed by atoms with van der Waals surface area (Å²) in [5.41, 5.74) is 0.135. The first-order chi connectivity index (χ1) is 11.4.